The van der Waals surface area contributed by atoms with Crippen LogP contribution in [0.25, 0.3) is 0 Å². The molecule has 0 heterocycles. The Bertz CT molecular complexity index is 425. The Hall–Kier alpha value is -1.96. The Morgan fingerprint density at radius 1 is 1.29 bits per heavy atom. The maximum atomic E-state index is 9.05. The molecule has 0 aliphatic carbocycles. The van der Waals surface area contributed by atoms with E-state index in [0.717, 1.165) is 0 Å². The second-order valence-corrected chi connectivity index (χ2v) is 4.07. The van der Waals surface area contributed by atoms with Crippen LogP contribution in [0, 0.1) is 0 Å². The lowest BCUT2D eigenvalue weighted by atomic mass is 10.0. The summed E-state index contributed by atoms with van der Waals surface area (Å²) in [6.45, 7) is 11.3. The van der Waals surface area contributed by atoms with Crippen LogP contribution in [0.2, 0.25) is 0 Å². The average Bonchev–Trinajstić information content (AvgIpc) is 2.28. The van der Waals surface area contributed by atoms with Crippen LogP contribution >= 0.6 is 0 Å². The lowest BCUT2D eigenvalue weighted by Crippen LogP contribution is -1.94. The first-order chi connectivity index (χ1) is 8.02. The summed E-state index contributed by atoms with van der Waals surface area (Å²) < 4.78 is 5.53. The Balaban J connectivity index is 2.81. The predicted octanol–water partition coefficient (Wildman–Crippen LogP) is 4.33. The highest BCUT2D eigenvalue weighted by Gasteiger charge is 2.01. The molecule has 0 saturated heterocycles. The largest absolute Gasteiger partial charge is 0.508 e. The van der Waals surface area contributed by atoms with Crippen molar-refractivity contribution in [3.8, 4) is 5.75 Å². The van der Waals surface area contributed by atoms with Crippen LogP contribution in [-0.4, -0.2) is 5.11 Å². The zero-order chi connectivity index (χ0) is 12.8. The SMILES string of the molecule is C=C/C(=C\C(=C)O)Oc1ccc(C(C)C)cc1. The van der Waals surface area contributed by atoms with Crippen molar-refractivity contribution in [2.45, 2.75) is 19.8 Å². The van der Waals surface area contributed by atoms with Gasteiger partial charge in [0.15, 0.2) is 0 Å². The summed E-state index contributed by atoms with van der Waals surface area (Å²) in [4.78, 5) is 0. The van der Waals surface area contributed by atoms with Crippen LogP contribution < -0.4 is 4.74 Å². The van der Waals surface area contributed by atoms with Gasteiger partial charge in [-0.3, -0.25) is 0 Å². The fourth-order valence-electron chi connectivity index (χ4n) is 1.35. The van der Waals surface area contributed by atoms with Crippen molar-refractivity contribution in [3.63, 3.8) is 0 Å². The van der Waals surface area contributed by atoms with Gasteiger partial charge in [-0.25, -0.2) is 0 Å². The van der Waals surface area contributed by atoms with E-state index in [1.54, 1.807) is 0 Å². The van der Waals surface area contributed by atoms with Gasteiger partial charge in [0, 0.05) is 6.08 Å². The Morgan fingerprint density at radius 2 is 1.88 bits per heavy atom. The number of hydrogen-bond acceptors (Lipinski definition) is 2. The normalized spacial score (nSPS) is 11.4. The molecule has 0 amide bonds. The molecular weight excluding hydrogens is 212 g/mol. The Kier molecular flexibility index (Phi) is 4.58. The Labute approximate surface area is 103 Å². The highest BCUT2D eigenvalue weighted by atomic mass is 16.5. The molecule has 17 heavy (non-hydrogen) atoms. The standard InChI is InChI=1S/C15H18O2/c1-5-14(10-12(4)16)17-15-8-6-13(7-9-15)11(2)3/h5-11,16H,1,4H2,2-3H3/b14-10+. The van der Waals surface area contributed by atoms with Gasteiger partial charge in [-0.05, 0) is 29.7 Å². The van der Waals surface area contributed by atoms with Crippen LogP contribution in [0.15, 0.2) is 61.1 Å². The molecule has 1 rings (SSSR count). The summed E-state index contributed by atoms with van der Waals surface area (Å²) in [6, 6.07) is 7.84. The number of benzene rings is 1. The van der Waals surface area contributed by atoms with Crippen molar-refractivity contribution in [1.29, 1.82) is 0 Å². The molecule has 0 aliphatic heterocycles. The molecule has 1 N–H and O–H groups in total. The highest BCUT2D eigenvalue weighted by molar-refractivity contribution is 5.32. The molecule has 1 aromatic rings. The maximum absolute atomic E-state index is 9.05. The molecule has 90 valence electrons. The summed E-state index contributed by atoms with van der Waals surface area (Å²) in [5.41, 5.74) is 1.26. The number of rotatable bonds is 5. The van der Waals surface area contributed by atoms with Gasteiger partial charge < -0.3 is 9.84 Å². The first-order valence-electron chi connectivity index (χ1n) is 5.52. The molecule has 0 atom stereocenters. The van der Waals surface area contributed by atoms with Gasteiger partial charge in [0.05, 0.1) is 0 Å². The first kappa shape index (κ1) is 13.1. The number of hydrogen-bond donors (Lipinski definition) is 1. The molecule has 2 heteroatoms. The van der Waals surface area contributed by atoms with Crippen LogP contribution in [0.3, 0.4) is 0 Å². The third-order valence-electron chi connectivity index (χ3n) is 2.29. The van der Waals surface area contributed by atoms with Crippen LogP contribution in [0.1, 0.15) is 25.3 Å². The second-order valence-electron chi connectivity index (χ2n) is 4.07. The summed E-state index contributed by atoms with van der Waals surface area (Å²) in [7, 11) is 0. The predicted molar refractivity (Wildman–Crippen MR) is 71.2 cm³/mol. The average molecular weight is 230 g/mol. The van der Waals surface area contributed by atoms with Crippen molar-refractivity contribution in [1.82, 2.24) is 0 Å². The smallest absolute Gasteiger partial charge is 0.130 e. The van der Waals surface area contributed by atoms with E-state index in [1.807, 2.05) is 24.3 Å². The van der Waals surface area contributed by atoms with Gasteiger partial charge in [0.2, 0.25) is 0 Å². The first-order valence-corrected chi connectivity index (χ1v) is 5.52. The molecule has 2 nitrogen and oxygen atoms in total. The zero-order valence-corrected chi connectivity index (χ0v) is 10.3. The molecule has 0 fully saturated rings. The van der Waals surface area contributed by atoms with Crippen LogP contribution in [-0.2, 0) is 0 Å². The number of aliphatic hydroxyl groups is 1. The van der Waals surface area contributed by atoms with Crippen molar-refractivity contribution in [3.05, 3.63) is 66.7 Å². The molecule has 0 radical (unpaired) electrons. The number of allylic oxidation sites excluding steroid dienone is 2. The molecular formula is C15H18O2. The van der Waals surface area contributed by atoms with E-state index in [9.17, 15) is 0 Å². The van der Waals surface area contributed by atoms with E-state index in [2.05, 4.69) is 27.0 Å². The molecule has 0 bridgehead atoms. The van der Waals surface area contributed by atoms with E-state index >= 15 is 0 Å². The van der Waals surface area contributed by atoms with Gasteiger partial charge in [-0.1, -0.05) is 39.1 Å². The van der Waals surface area contributed by atoms with E-state index in [1.165, 1.54) is 17.7 Å². The summed E-state index contributed by atoms with van der Waals surface area (Å²) in [6.07, 6.45) is 2.95. The van der Waals surface area contributed by atoms with Gasteiger partial charge >= 0.3 is 0 Å². The van der Waals surface area contributed by atoms with Gasteiger partial charge in [-0.15, -0.1) is 0 Å². The fraction of sp³-hybridized carbons (Fsp3) is 0.200. The summed E-state index contributed by atoms with van der Waals surface area (Å²) >= 11 is 0. The third-order valence-corrected chi connectivity index (χ3v) is 2.29. The maximum Gasteiger partial charge on any atom is 0.130 e. The number of aliphatic hydroxyl groups excluding tert-OH is 1. The minimum absolute atomic E-state index is 0.0568. The van der Waals surface area contributed by atoms with Gasteiger partial charge in [0.25, 0.3) is 0 Å². The molecule has 0 unspecified atom stereocenters. The van der Waals surface area contributed by atoms with Crippen LogP contribution in [0.4, 0.5) is 0 Å². The summed E-state index contributed by atoms with van der Waals surface area (Å²) in [5, 5.41) is 9.05. The monoisotopic (exact) mass is 230 g/mol. The van der Waals surface area contributed by atoms with Crippen molar-refractivity contribution < 1.29 is 9.84 Å². The van der Waals surface area contributed by atoms with Gasteiger partial charge in [0.1, 0.15) is 17.3 Å². The molecule has 0 saturated carbocycles. The van der Waals surface area contributed by atoms with Crippen molar-refractivity contribution in [2.75, 3.05) is 0 Å². The molecule has 0 aromatic heterocycles. The summed E-state index contributed by atoms with van der Waals surface area (Å²) in [5.74, 6) is 1.62. The fourth-order valence-corrected chi connectivity index (χ4v) is 1.35. The quantitative estimate of drug-likeness (QED) is 0.602. The van der Waals surface area contributed by atoms with E-state index < -0.39 is 0 Å². The van der Waals surface area contributed by atoms with E-state index in [-0.39, 0.29) is 5.76 Å². The molecule has 1 aromatic carbocycles. The van der Waals surface area contributed by atoms with Crippen molar-refractivity contribution >= 4 is 0 Å². The molecule has 0 spiro atoms. The van der Waals surface area contributed by atoms with E-state index in [0.29, 0.717) is 17.4 Å². The molecule has 0 aliphatic rings. The topological polar surface area (TPSA) is 29.5 Å². The minimum Gasteiger partial charge on any atom is -0.508 e. The lowest BCUT2D eigenvalue weighted by Gasteiger charge is -2.09. The Morgan fingerprint density at radius 3 is 2.29 bits per heavy atom. The zero-order valence-electron chi connectivity index (χ0n) is 10.3. The van der Waals surface area contributed by atoms with Crippen LogP contribution in [0.5, 0.6) is 5.75 Å². The number of ether oxygens (including phenoxy) is 1. The van der Waals surface area contributed by atoms with Crippen molar-refractivity contribution in [2.24, 2.45) is 0 Å². The van der Waals surface area contributed by atoms with Gasteiger partial charge in [-0.2, -0.15) is 0 Å². The lowest BCUT2D eigenvalue weighted by molar-refractivity contribution is 0.413. The van der Waals surface area contributed by atoms with E-state index in [4.69, 9.17) is 9.84 Å². The highest BCUT2D eigenvalue weighted by Crippen LogP contribution is 2.20. The second kappa shape index (κ2) is 5.94. The minimum atomic E-state index is -0.0568. The third kappa shape index (κ3) is 4.19.